The maximum atomic E-state index is 12.9. The van der Waals surface area contributed by atoms with Crippen LogP contribution in [0, 0.1) is 0 Å². The lowest BCUT2D eigenvalue weighted by atomic mass is 9.86. The molecule has 4 nitrogen and oxygen atoms in total. The first kappa shape index (κ1) is 20.6. The lowest BCUT2D eigenvalue weighted by Crippen LogP contribution is -2.30. The molecule has 0 saturated heterocycles. The van der Waals surface area contributed by atoms with Crippen molar-refractivity contribution in [2.45, 2.75) is 52.4 Å². The summed E-state index contributed by atoms with van der Waals surface area (Å²) in [7, 11) is 0. The van der Waals surface area contributed by atoms with Crippen LogP contribution in [0.5, 0.6) is 0 Å². The Kier molecular flexibility index (Phi) is 5.94. The zero-order valence-electron chi connectivity index (χ0n) is 16.9. The fourth-order valence-corrected chi connectivity index (χ4v) is 4.11. The molecule has 0 saturated carbocycles. The second-order valence-electron chi connectivity index (χ2n) is 8.38. The second kappa shape index (κ2) is 8.08. The Morgan fingerprint density at radius 3 is 2.43 bits per heavy atom. The minimum absolute atomic E-state index is 0.0903. The summed E-state index contributed by atoms with van der Waals surface area (Å²) in [4.78, 5) is 26.3. The average molecular weight is 443 g/mol. The molecule has 1 aliphatic heterocycles. The quantitative estimate of drug-likeness (QED) is 0.704. The highest BCUT2D eigenvalue weighted by atomic mass is 79.9. The van der Waals surface area contributed by atoms with E-state index in [2.05, 4.69) is 66.3 Å². The molecule has 1 heterocycles. The molecule has 1 N–H and O–H groups in total. The van der Waals surface area contributed by atoms with Crippen molar-refractivity contribution >= 4 is 39.1 Å². The average Bonchev–Trinajstić information content (AvgIpc) is 3.02. The van der Waals surface area contributed by atoms with Gasteiger partial charge in [-0.05, 0) is 47.1 Å². The maximum Gasteiger partial charge on any atom is 0.227 e. The van der Waals surface area contributed by atoms with Crippen molar-refractivity contribution in [1.29, 1.82) is 0 Å². The van der Waals surface area contributed by atoms with E-state index in [9.17, 15) is 9.59 Å². The molecule has 2 aromatic carbocycles. The number of amides is 2. The molecule has 0 atom stereocenters. The number of fused-ring (bicyclic) bond motifs is 1. The third kappa shape index (κ3) is 4.64. The molecule has 0 fully saturated rings. The van der Waals surface area contributed by atoms with E-state index in [0.29, 0.717) is 25.1 Å². The molecule has 0 radical (unpaired) electrons. The number of rotatable bonds is 4. The van der Waals surface area contributed by atoms with Crippen molar-refractivity contribution in [3.8, 4) is 0 Å². The normalized spacial score (nSPS) is 13.4. The summed E-state index contributed by atoms with van der Waals surface area (Å²) < 4.78 is 0.906. The Morgan fingerprint density at radius 1 is 1.14 bits per heavy atom. The molecule has 1 aliphatic rings. The molecule has 0 unspecified atom stereocenters. The van der Waals surface area contributed by atoms with E-state index in [1.165, 1.54) is 18.1 Å². The first-order valence-electron chi connectivity index (χ1n) is 9.65. The predicted octanol–water partition coefficient (Wildman–Crippen LogP) is 5.23. The van der Waals surface area contributed by atoms with Crippen molar-refractivity contribution in [3.05, 3.63) is 57.6 Å². The highest BCUT2D eigenvalue weighted by Crippen LogP contribution is 2.38. The van der Waals surface area contributed by atoms with Gasteiger partial charge >= 0.3 is 0 Å². The molecule has 28 heavy (non-hydrogen) atoms. The predicted molar refractivity (Wildman–Crippen MR) is 118 cm³/mol. The number of aryl methyl sites for hydroxylation is 1. The van der Waals surface area contributed by atoms with Crippen molar-refractivity contribution in [1.82, 2.24) is 0 Å². The van der Waals surface area contributed by atoms with E-state index in [4.69, 9.17) is 0 Å². The van der Waals surface area contributed by atoms with Crippen LogP contribution in [-0.4, -0.2) is 18.4 Å². The van der Waals surface area contributed by atoms with Crippen LogP contribution in [-0.2, 0) is 27.8 Å². The number of nitrogens with one attached hydrogen (secondary N) is 1. The third-order valence-electron chi connectivity index (χ3n) is 5.09. The Hall–Kier alpha value is -2.14. The van der Waals surface area contributed by atoms with Gasteiger partial charge in [0, 0.05) is 24.4 Å². The molecule has 148 valence electrons. The Labute approximate surface area is 175 Å². The van der Waals surface area contributed by atoms with Gasteiger partial charge in [-0.25, -0.2) is 0 Å². The van der Waals surface area contributed by atoms with Crippen molar-refractivity contribution in [3.63, 3.8) is 0 Å². The van der Waals surface area contributed by atoms with Gasteiger partial charge in [-0.3, -0.25) is 9.59 Å². The molecule has 2 aromatic rings. The Bertz CT molecular complexity index is 898. The Morgan fingerprint density at radius 2 is 1.82 bits per heavy atom. The van der Waals surface area contributed by atoms with Crippen LogP contribution < -0.4 is 10.2 Å². The maximum absolute atomic E-state index is 12.9. The summed E-state index contributed by atoms with van der Waals surface area (Å²) >= 11 is 3.49. The topological polar surface area (TPSA) is 49.4 Å². The van der Waals surface area contributed by atoms with Crippen molar-refractivity contribution in [2.24, 2.45) is 0 Å². The highest BCUT2D eigenvalue weighted by Gasteiger charge is 2.28. The van der Waals surface area contributed by atoms with E-state index in [1.54, 1.807) is 0 Å². The number of anilines is 2. The number of benzene rings is 2. The van der Waals surface area contributed by atoms with Crippen molar-refractivity contribution < 1.29 is 9.59 Å². The van der Waals surface area contributed by atoms with E-state index in [1.807, 2.05) is 17.0 Å². The minimum Gasteiger partial charge on any atom is -0.324 e. The zero-order chi connectivity index (χ0) is 20.5. The summed E-state index contributed by atoms with van der Waals surface area (Å²) in [5.41, 5.74) is 5.20. The second-order valence-corrected chi connectivity index (χ2v) is 9.30. The molecule has 0 aliphatic carbocycles. The monoisotopic (exact) mass is 442 g/mol. The first-order chi connectivity index (χ1) is 13.1. The van der Waals surface area contributed by atoms with Gasteiger partial charge in [0.05, 0.1) is 11.4 Å². The number of carbonyl (C=O) groups excluding carboxylic acids is 2. The number of hydrogen-bond acceptors (Lipinski definition) is 2. The van der Waals surface area contributed by atoms with Gasteiger partial charge < -0.3 is 10.2 Å². The van der Waals surface area contributed by atoms with E-state index >= 15 is 0 Å². The van der Waals surface area contributed by atoms with Crippen LogP contribution in [0.2, 0.25) is 0 Å². The molecule has 2 amide bonds. The summed E-state index contributed by atoms with van der Waals surface area (Å²) in [6.45, 7) is 8.72. The summed E-state index contributed by atoms with van der Waals surface area (Å²) in [6.07, 6.45) is 1.96. The molecule has 0 spiro atoms. The fraction of sp³-hybridized carbons (Fsp3) is 0.391. The van der Waals surface area contributed by atoms with E-state index in [-0.39, 0.29) is 17.2 Å². The highest BCUT2D eigenvalue weighted by molar-refractivity contribution is 9.10. The van der Waals surface area contributed by atoms with Gasteiger partial charge in [-0.15, -0.1) is 0 Å². The van der Waals surface area contributed by atoms with Gasteiger partial charge in [0.25, 0.3) is 0 Å². The Balaban J connectivity index is 1.73. The molecule has 3 rings (SSSR count). The van der Waals surface area contributed by atoms with Crippen LogP contribution in [0.4, 0.5) is 11.4 Å². The fourth-order valence-electron chi connectivity index (χ4n) is 3.60. The first-order valence-corrected chi connectivity index (χ1v) is 10.4. The van der Waals surface area contributed by atoms with Crippen molar-refractivity contribution in [2.75, 3.05) is 16.8 Å². The van der Waals surface area contributed by atoms with Crippen LogP contribution in [0.1, 0.15) is 50.8 Å². The largest absolute Gasteiger partial charge is 0.324 e. The lowest BCUT2D eigenvalue weighted by molar-refractivity contribution is -0.118. The van der Waals surface area contributed by atoms with Crippen LogP contribution in [0.25, 0.3) is 0 Å². The number of carbonyl (C=O) groups is 2. The molecule has 0 aromatic heterocycles. The molecule has 0 bridgehead atoms. The summed E-state index contributed by atoms with van der Waals surface area (Å²) in [6, 6.07) is 12.4. The van der Waals surface area contributed by atoms with Gasteiger partial charge in [0.15, 0.2) is 0 Å². The van der Waals surface area contributed by atoms with Crippen LogP contribution in [0.3, 0.4) is 0 Å². The number of nitrogens with zero attached hydrogens (tertiary/aromatic N) is 1. The molecular formula is C23H27BrN2O2. The van der Waals surface area contributed by atoms with Crippen LogP contribution in [0.15, 0.2) is 40.9 Å². The van der Waals surface area contributed by atoms with Gasteiger partial charge in [0.1, 0.15) is 0 Å². The third-order valence-corrected chi connectivity index (χ3v) is 5.55. The van der Waals surface area contributed by atoms with Gasteiger partial charge in [-0.1, -0.05) is 61.0 Å². The minimum atomic E-state index is -0.140. The standard InChI is InChI=1S/C23H27BrN2O2/c1-15(27)25-20-14-19(24)13-17-11-12-26(22(17)20)21(28)10-7-16-5-8-18(9-6-16)23(2,3)4/h5-6,8-9,13-14H,7,10-12H2,1-4H3,(H,25,27). The zero-order valence-corrected chi connectivity index (χ0v) is 18.5. The number of hydrogen-bond donors (Lipinski definition) is 1. The van der Waals surface area contributed by atoms with Crippen LogP contribution >= 0.6 is 15.9 Å². The summed E-state index contributed by atoms with van der Waals surface area (Å²) in [5.74, 6) is -0.0499. The van der Waals surface area contributed by atoms with E-state index in [0.717, 1.165) is 22.1 Å². The summed E-state index contributed by atoms with van der Waals surface area (Å²) in [5, 5.41) is 2.86. The SMILES string of the molecule is CC(=O)Nc1cc(Br)cc2c1N(C(=O)CCc1ccc(C(C)(C)C)cc1)CC2. The number of halogens is 1. The van der Waals surface area contributed by atoms with E-state index < -0.39 is 0 Å². The lowest BCUT2D eigenvalue weighted by Gasteiger charge is -2.21. The van der Waals surface area contributed by atoms with Gasteiger partial charge in [0.2, 0.25) is 11.8 Å². The van der Waals surface area contributed by atoms with Gasteiger partial charge in [-0.2, -0.15) is 0 Å². The smallest absolute Gasteiger partial charge is 0.227 e. The molecular weight excluding hydrogens is 416 g/mol. The molecule has 5 heteroatoms.